The van der Waals surface area contributed by atoms with Crippen LogP contribution in [-0.4, -0.2) is 65.4 Å². The summed E-state index contributed by atoms with van der Waals surface area (Å²) < 4.78 is 0. The lowest BCUT2D eigenvalue weighted by atomic mass is 10.00. The fourth-order valence-electron chi connectivity index (χ4n) is 5.06. The number of benzene rings is 1. The molecule has 1 aromatic carbocycles. The minimum atomic E-state index is -0.215. The van der Waals surface area contributed by atoms with Gasteiger partial charge in [0.15, 0.2) is 5.82 Å². The summed E-state index contributed by atoms with van der Waals surface area (Å²) in [5, 5.41) is 2.90. The maximum absolute atomic E-state index is 13.5. The third-order valence-electron chi connectivity index (χ3n) is 6.89. The molecule has 1 atom stereocenters. The van der Waals surface area contributed by atoms with Gasteiger partial charge in [0.25, 0.3) is 5.91 Å². The van der Waals surface area contributed by atoms with Gasteiger partial charge in [-0.3, -0.25) is 19.4 Å². The standard InChI is InChI=1S/C25H31N5O2/c31-23(12-6-17-29-16-4-3-8-19(29)18-28-14-7-15-28)30-22-11-2-1-9-20(22)25(32)27-21-10-5-13-26-24(21)30/h1-2,5,9-11,13,19H,3-4,6-8,12,14-18H2,(H,27,32). The minimum absolute atomic E-state index is 0.0230. The fourth-order valence-corrected chi connectivity index (χ4v) is 5.06. The average molecular weight is 434 g/mol. The number of aromatic nitrogens is 1. The van der Waals surface area contributed by atoms with Gasteiger partial charge in [0.1, 0.15) is 0 Å². The highest BCUT2D eigenvalue weighted by Crippen LogP contribution is 2.36. The summed E-state index contributed by atoms with van der Waals surface area (Å²) in [6.45, 7) is 5.69. The Balaban J connectivity index is 1.30. The summed E-state index contributed by atoms with van der Waals surface area (Å²) in [4.78, 5) is 37.4. The molecule has 0 radical (unpaired) electrons. The van der Waals surface area contributed by atoms with Gasteiger partial charge in [-0.15, -0.1) is 0 Å². The summed E-state index contributed by atoms with van der Waals surface area (Å²) in [5.74, 6) is 0.252. The van der Waals surface area contributed by atoms with Crippen molar-refractivity contribution < 1.29 is 9.59 Å². The first-order valence-electron chi connectivity index (χ1n) is 11.9. The van der Waals surface area contributed by atoms with Crippen LogP contribution in [0.15, 0.2) is 42.6 Å². The van der Waals surface area contributed by atoms with Crippen molar-refractivity contribution in [3.8, 4) is 0 Å². The van der Waals surface area contributed by atoms with Crippen molar-refractivity contribution in [2.24, 2.45) is 0 Å². The summed E-state index contributed by atoms with van der Waals surface area (Å²) in [6.07, 6.45) is 8.02. The molecule has 2 saturated heterocycles. The molecule has 3 aliphatic heterocycles. The number of nitrogens with zero attached hydrogens (tertiary/aromatic N) is 4. The molecule has 5 rings (SSSR count). The number of rotatable bonds is 6. The molecule has 168 valence electrons. The highest BCUT2D eigenvalue weighted by atomic mass is 16.2. The van der Waals surface area contributed by atoms with Crippen LogP contribution in [0.3, 0.4) is 0 Å². The van der Waals surface area contributed by atoms with Gasteiger partial charge in [-0.05, 0) is 76.1 Å². The third-order valence-corrected chi connectivity index (χ3v) is 6.89. The summed E-state index contributed by atoms with van der Waals surface area (Å²) in [6, 6.07) is 11.4. The normalized spacial score (nSPS) is 21.2. The Morgan fingerprint density at radius 2 is 1.94 bits per heavy atom. The molecule has 4 heterocycles. The van der Waals surface area contributed by atoms with E-state index in [1.54, 1.807) is 29.3 Å². The highest BCUT2D eigenvalue weighted by Gasteiger charge is 2.31. The van der Waals surface area contributed by atoms with E-state index in [2.05, 4.69) is 20.1 Å². The van der Waals surface area contributed by atoms with E-state index < -0.39 is 0 Å². The van der Waals surface area contributed by atoms with Gasteiger partial charge >= 0.3 is 0 Å². The molecule has 1 N–H and O–H groups in total. The molecule has 3 aliphatic rings. The first-order valence-corrected chi connectivity index (χ1v) is 11.9. The Labute approximate surface area is 189 Å². The minimum Gasteiger partial charge on any atom is -0.319 e. The number of likely N-dealkylation sites (tertiary alicyclic amines) is 2. The van der Waals surface area contributed by atoms with Crippen molar-refractivity contribution in [3.05, 3.63) is 48.2 Å². The van der Waals surface area contributed by atoms with Crippen molar-refractivity contribution in [2.45, 2.75) is 44.6 Å². The van der Waals surface area contributed by atoms with E-state index >= 15 is 0 Å². The van der Waals surface area contributed by atoms with E-state index in [1.165, 1.54) is 45.3 Å². The van der Waals surface area contributed by atoms with E-state index in [1.807, 2.05) is 18.2 Å². The molecular formula is C25H31N5O2. The number of carbonyl (C=O) groups excluding carboxylic acids is 2. The zero-order valence-corrected chi connectivity index (χ0v) is 18.5. The lowest BCUT2D eigenvalue weighted by Gasteiger charge is -2.41. The molecule has 0 aliphatic carbocycles. The zero-order valence-electron chi connectivity index (χ0n) is 18.5. The van der Waals surface area contributed by atoms with Crippen molar-refractivity contribution in [1.82, 2.24) is 14.8 Å². The number of amides is 2. The van der Waals surface area contributed by atoms with Gasteiger partial charge in [0, 0.05) is 25.2 Å². The largest absolute Gasteiger partial charge is 0.319 e. The molecule has 0 saturated carbocycles. The van der Waals surface area contributed by atoms with Crippen molar-refractivity contribution in [2.75, 3.05) is 42.9 Å². The predicted octanol–water partition coefficient (Wildman–Crippen LogP) is 3.65. The number of pyridine rings is 1. The van der Waals surface area contributed by atoms with Gasteiger partial charge < -0.3 is 10.2 Å². The maximum Gasteiger partial charge on any atom is 0.257 e. The van der Waals surface area contributed by atoms with Crippen LogP contribution in [0.2, 0.25) is 0 Å². The molecule has 0 bridgehead atoms. The monoisotopic (exact) mass is 433 g/mol. The smallest absolute Gasteiger partial charge is 0.257 e. The average Bonchev–Trinajstić information content (AvgIpc) is 2.91. The van der Waals surface area contributed by atoms with E-state index in [0.717, 1.165) is 19.5 Å². The SMILES string of the molecule is O=C1Nc2cccnc2N(C(=O)CCCN2CCCCC2CN2CCC2)c2ccccc21. The molecule has 7 heteroatoms. The van der Waals surface area contributed by atoms with E-state index in [-0.39, 0.29) is 11.8 Å². The quantitative estimate of drug-likeness (QED) is 0.753. The van der Waals surface area contributed by atoms with Gasteiger partial charge in [-0.1, -0.05) is 18.6 Å². The van der Waals surface area contributed by atoms with E-state index in [4.69, 9.17) is 0 Å². The highest BCUT2D eigenvalue weighted by molar-refractivity contribution is 6.17. The molecule has 2 amide bonds. The number of piperidine rings is 1. The van der Waals surface area contributed by atoms with Crippen LogP contribution >= 0.6 is 0 Å². The molecular weight excluding hydrogens is 402 g/mol. The molecule has 1 unspecified atom stereocenters. The maximum atomic E-state index is 13.5. The van der Waals surface area contributed by atoms with E-state index in [9.17, 15) is 9.59 Å². The summed E-state index contributed by atoms with van der Waals surface area (Å²) in [7, 11) is 0. The Bertz CT molecular complexity index is 990. The predicted molar refractivity (Wildman–Crippen MR) is 125 cm³/mol. The second-order valence-corrected chi connectivity index (χ2v) is 9.02. The van der Waals surface area contributed by atoms with Crippen LogP contribution in [-0.2, 0) is 4.79 Å². The van der Waals surface area contributed by atoms with Crippen LogP contribution in [0.25, 0.3) is 0 Å². The molecule has 2 fully saturated rings. The summed E-state index contributed by atoms with van der Waals surface area (Å²) in [5.41, 5.74) is 1.65. The Morgan fingerprint density at radius 1 is 1.06 bits per heavy atom. The molecule has 2 aromatic rings. The van der Waals surface area contributed by atoms with Crippen LogP contribution in [0.5, 0.6) is 0 Å². The summed E-state index contributed by atoms with van der Waals surface area (Å²) >= 11 is 0. The van der Waals surface area contributed by atoms with Crippen molar-refractivity contribution in [3.63, 3.8) is 0 Å². The van der Waals surface area contributed by atoms with Gasteiger partial charge in [0.05, 0.1) is 16.9 Å². The molecule has 1 aromatic heterocycles. The fraction of sp³-hybridized carbons (Fsp3) is 0.480. The van der Waals surface area contributed by atoms with Crippen LogP contribution in [0.1, 0.15) is 48.9 Å². The molecule has 32 heavy (non-hydrogen) atoms. The Morgan fingerprint density at radius 3 is 2.78 bits per heavy atom. The number of anilines is 3. The van der Waals surface area contributed by atoms with Crippen LogP contribution in [0.4, 0.5) is 17.2 Å². The number of nitrogens with one attached hydrogen (secondary N) is 1. The van der Waals surface area contributed by atoms with Gasteiger partial charge in [-0.25, -0.2) is 4.98 Å². The second-order valence-electron chi connectivity index (χ2n) is 9.02. The molecule has 7 nitrogen and oxygen atoms in total. The van der Waals surface area contributed by atoms with Gasteiger partial charge in [-0.2, -0.15) is 0 Å². The molecule has 0 spiro atoms. The first kappa shape index (κ1) is 21.1. The lowest BCUT2D eigenvalue weighted by Crippen LogP contribution is -2.50. The van der Waals surface area contributed by atoms with Crippen molar-refractivity contribution in [1.29, 1.82) is 0 Å². The van der Waals surface area contributed by atoms with Crippen LogP contribution in [0, 0.1) is 0 Å². The van der Waals surface area contributed by atoms with Crippen LogP contribution < -0.4 is 10.2 Å². The Hall–Kier alpha value is -2.77. The topological polar surface area (TPSA) is 68.8 Å². The number of hydrogen-bond donors (Lipinski definition) is 1. The van der Waals surface area contributed by atoms with E-state index in [0.29, 0.717) is 35.2 Å². The lowest BCUT2D eigenvalue weighted by molar-refractivity contribution is -0.118. The van der Waals surface area contributed by atoms with Gasteiger partial charge in [0.2, 0.25) is 5.91 Å². The van der Waals surface area contributed by atoms with Crippen molar-refractivity contribution >= 4 is 29.0 Å². The first-order chi connectivity index (χ1) is 15.7. The number of carbonyl (C=O) groups is 2. The number of para-hydroxylation sites is 1. The second kappa shape index (κ2) is 9.38. The third kappa shape index (κ3) is 4.27. The zero-order chi connectivity index (χ0) is 21.9. The number of hydrogen-bond acceptors (Lipinski definition) is 5. The Kier molecular flexibility index (Phi) is 6.19. The number of fused-ring (bicyclic) bond motifs is 2.